The summed E-state index contributed by atoms with van der Waals surface area (Å²) in [5.74, 6) is 2.38. The summed E-state index contributed by atoms with van der Waals surface area (Å²) in [4.78, 5) is 14.5. The Hall–Kier alpha value is -2.12. The van der Waals surface area contributed by atoms with Gasteiger partial charge in [-0.1, -0.05) is 0 Å². The first-order chi connectivity index (χ1) is 12.6. The summed E-state index contributed by atoms with van der Waals surface area (Å²) in [5, 5.41) is 7.04. The molecule has 2 fully saturated rings. The molecule has 2 aliphatic rings. The molecule has 1 amide bonds. The van der Waals surface area contributed by atoms with Gasteiger partial charge in [0, 0.05) is 39.5 Å². The van der Waals surface area contributed by atoms with Crippen LogP contribution in [0.2, 0.25) is 0 Å². The maximum absolute atomic E-state index is 12.2. The Morgan fingerprint density at radius 1 is 1.38 bits per heavy atom. The lowest BCUT2D eigenvalue weighted by molar-refractivity contribution is -0.138. The van der Waals surface area contributed by atoms with Gasteiger partial charge >= 0.3 is 0 Å². The van der Waals surface area contributed by atoms with Gasteiger partial charge in [0.05, 0.1) is 12.1 Å². The van der Waals surface area contributed by atoms with Crippen molar-refractivity contribution in [2.75, 3.05) is 26.2 Å². The molecule has 7 nitrogen and oxygen atoms in total. The molecule has 1 N–H and O–H groups in total. The molecule has 0 saturated carbocycles. The molecule has 0 radical (unpaired) electrons. The second-order valence-corrected chi connectivity index (χ2v) is 7.44. The zero-order valence-corrected chi connectivity index (χ0v) is 15.4. The zero-order chi connectivity index (χ0) is 18.1. The number of ether oxygens (including phenoxy) is 1. The molecule has 26 heavy (non-hydrogen) atoms. The highest BCUT2D eigenvalue weighted by atomic mass is 16.5. The first-order valence-corrected chi connectivity index (χ1v) is 9.23. The summed E-state index contributed by atoms with van der Waals surface area (Å²) in [6, 6.07) is 5.78. The Labute approximate surface area is 153 Å². The first kappa shape index (κ1) is 17.3. The molecule has 0 unspecified atom stereocenters. The summed E-state index contributed by atoms with van der Waals surface area (Å²) >= 11 is 0. The Bertz CT molecular complexity index is 775. The van der Waals surface area contributed by atoms with Crippen LogP contribution in [0, 0.1) is 12.8 Å². The molecule has 2 saturated heterocycles. The van der Waals surface area contributed by atoms with E-state index in [1.165, 1.54) is 0 Å². The molecule has 2 aliphatic heterocycles. The molecule has 140 valence electrons. The summed E-state index contributed by atoms with van der Waals surface area (Å²) in [6.07, 6.45) is 3.64. The molecule has 1 spiro atoms. The highest BCUT2D eigenvalue weighted by Gasteiger charge is 2.52. The van der Waals surface area contributed by atoms with Crippen LogP contribution in [-0.4, -0.2) is 52.4 Å². The highest BCUT2D eigenvalue weighted by molar-refractivity contribution is 5.92. The second kappa shape index (κ2) is 6.89. The molecule has 4 rings (SSSR count). The minimum atomic E-state index is -0.0682. The number of aromatic nitrogens is 2. The monoisotopic (exact) mass is 358 g/mol. The molecule has 2 aromatic rings. The van der Waals surface area contributed by atoms with Crippen molar-refractivity contribution in [3.63, 3.8) is 0 Å². The predicted molar refractivity (Wildman–Crippen MR) is 95.7 cm³/mol. The fraction of sp³-hybridized carbons (Fsp3) is 0.579. The molecule has 0 aliphatic carbocycles. The number of carbonyl (C=O) groups excluding carboxylic acids is 1. The van der Waals surface area contributed by atoms with Gasteiger partial charge in [-0.05, 0) is 43.9 Å². The molecule has 2 aromatic heterocycles. The normalized spacial score (nSPS) is 21.8. The SMILES string of the molecule is Cc1ccc(CN2CC3(C2)OCC[C@H]3CCNC(=O)c2ccnn2C)o1. The van der Waals surface area contributed by atoms with E-state index in [0.29, 0.717) is 18.2 Å². The Kier molecular flexibility index (Phi) is 4.58. The van der Waals surface area contributed by atoms with E-state index >= 15 is 0 Å². The number of furan rings is 1. The minimum Gasteiger partial charge on any atom is -0.465 e. The summed E-state index contributed by atoms with van der Waals surface area (Å²) < 4.78 is 13.4. The lowest BCUT2D eigenvalue weighted by Gasteiger charge is -2.50. The van der Waals surface area contributed by atoms with Gasteiger partial charge in [-0.2, -0.15) is 5.10 Å². The molecule has 7 heteroatoms. The molecule has 4 heterocycles. The number of aryl methyl sites for hydroxylation is 2. The molecular weight excluding hydrogens is 332 g/mol. The van der Waals surface area contributed by atoms with Crippen LogP contribution in [0.3, 0.4) is 0 Å². The lowest BCUT2D eigenvalue weighted by atomic mass is 9.79. The fourth-order valence-electron chi connectivity index (χ4n) is 4.20. The minimum absolute atomic E-state index is 0.0428. The fourth-order valence-corrected chi connectivity index (χ4v) is 4.20. The van der Waals surface area contributed by atoms with Gasteiger partial charge in [-0.15, -0.1) is 0 Å². The maximum Gasteiger partial charge on any atom is 0.269 e. The van der Waals surface area contributed by atoms with Crippen LogP contribution in [0.1, 0.15) is 34.9 Å². The number of hydrogen-bond donors (Lipinski definition) is 1. The summed E-state index contributed by atoms with van der Waals surface area (Å²) in [5.41, 5.74) is 0.546. The number of nitrogens with zero attached hydrogens (tertiary/aromatic N) is 3. The number of amides is 1. The van der Waals surface area contributed by atoms with Crippen LogP contribution >= 0.6 is 0 Å². The predicted octanol–water partition coefficient (Wildman–Crippen LogP) is 1.73. The number of nitrogens with one attached hydrogen (secondary N) is 1. The second-order valence-electron chi connectivity index (χ2n) is 7.44. The van der Waals surface area contributed by atoms with Crippen molar-refractivity contribution in [3.05, 3.63) is 41.6 Å². The van der Waals surface area contributed by atoms with E-state index in [-0.39, 0.29) is 11.5 Å². The molecule has 1 atom stereocenters. The third-order valence-electron chi connectivity index (χ3n) is 5.59. The van der Waals surface area contributed by atoms with E-state index in [1.54, 1.807) is 24.0 Å². The standard InChI is InChI=1S/C19H26N4O3/c1-14-3-4-16(26-14)11-23-12-19(13-23)15(7-10-25-19)5-8-20-18(24)17-6-9-21-22(17)2/h3-4,6,9,15H,5,7-8,10-13H2,1-2H3,(H,20,24)/t15-/m1/s1. The molecule has 0 bridgehead atoms. The third-order valence-corrected chi connectivity index (χ3v) is 5.59. The van der Waals surface area contributed by atoms with Crippen molar-refractivity contribution in [3.8, 4) is 0 Å². The van der Waals surface area contributed by atoms with Crippen molar-refractivity contribution in [1.82, 2.24) is 20.0 Å². The van der Waals surface area contributed by atoms with E-state index in [9.17, 15) is 4.79 Å². The van der Waals surface area contributed by atoms with E-state index in [4.69, 9.17) is 9.15 Å². The Morgan fingerprint density at radius 2 is 2.23 bits per heavy atom. The topological polar surface area (TPSA) is 72.5 Å². The van der Waals surface area contributed by atoms with Gasteiger partial charge in [0.25, 0.3) is 5.91 Å². The average Bonchev–Trinajstić information content (AvgIpc) is 3.28. The van der Waals surface area contributed by atoms with Gasteiger partial charge < -0.3 is 14.5 Å². The maximum atomic E-state index is 12.2. The third kappa shape index (κ3) is 3.29. The summed E-state index contributed by atoms with van der Waals surface area (Å²) in [6.45, 7) is 6.16. The van der Waals surface area contributed by atoms with E-state index in [0.717, 1.165) is 50.6 Å². The van der Waals surface area contributed by atoms with Crippen molar-refractivity contribution in [2.45, 2.75) is 31.9 Å². The van der Waals surface area contributed by atoms with Crippen LogP contribution in [0.5, 0.6) is 0 Å². The molecular formula is C19H26N4O3. The van der Waals surface area contributed by atoms with E-state index in [1.807, 2.05) is 19.1 Å². The summed E-state index contributed by atoms with van der Waals surface area (Å²) in [7, 11) is 1.78. The van der Waals surface area contributed by atoms with Crippen molar-refractivity contribution >= 4 is 5.91 Å². The van der Waals surface area contributed by atoms with Crippen molar-refractivity contribution < 1.29 is 13.9 Å². The lowest BCUT2D eigenvalue weighted by Crippen LogP contribution is -2.64. The van der Waals surface area contributed by atoms with Gasteiger partial charge in [0.1, 0.15) is 17.2 Å². The van der Waals surface area contributed by atoms with Gasteiger partial charge in [0.2, 0.25) is 0 Å². The smallest absolute Gasteiger partial charge is 0.269 e. The van der Waals surface area contributed by atoms with Gasteiger partial charge in [-0.25, -0.2) is 0 Å². The zero-order valence-electron chi connectivity index (χ0n) is 15.4. The van der Waals surface area contributed by atoms with Crippen molar-refractivity contribution in [2.24, 2.45) is 13.0 Å². The van der Waals surface area contributed by atoms with Crippen LogP contribution in [0.25, 0.3) is 0 Å². The average molecular weight is 358 g/mol. The highest BCUT2D eigenvalue weighted by Crippen LogP contribution is 2.42. The van der Waals surface area contributed by atoms with Crippen LogP contribution in [-0.2, 0) is 18.3 Å². The number of likely N-dealkylation sites (tertiary alicyclic amines) is 1. The largest absolute Gasteiger partial charge is 0.465 e. The molecule has 0 aromatic carbocycles. The first-order valence-electron chi connectivity index (χ1n) is 9.23. The van der Waals surface area contributed by atoms with E-state index < -0.39 is 0 Å². The van der Waals surface area contributed by atoms with Gasteiger partial charge in [-0.3, -0.25) is 14.4 Å². The number of carbonyl (C=O) groups is 1. The van der Waals surface area contributed by atoms with Crippen LogP contribution in [0.15, 0.2) is 28.8 Å². The number of hydrogen-bond acceptors (Lipinski definition) is 5. The quantitative estimate of drug-likeness (QED) is 0.851. The Morgan fingerprint density at radius 3 is 2.92 bits per heavy atom. The number of rotatable bonds is 6. The Balaban J connectivity index is 1.25. The van der Waals surface area contributed by atoms with Crippen LogP contribution in [0.4, 0.5) is 0 Å². The van der Waals surface area contributed by atoms with E-state index in [2.05, 4.69) is 15.3 Å². The van der Waals surface area contributed by atoms with Crippen molar-refractivity contribution in [1.29, 1.82) is 0 Å². The van der Waals surface area contributed by atoms with Gasteiger partial charge in [0.15, 0.2) is 0 Å². The van der Waals surface area contributed by atoms with Crippen LogP contribution < -0.4 is 5.32 Å².